The summed E-state index contributed by atoms with van der Waals surface area (Å²) in [6, 6.07) is 0.699. The highest BCUT2D eigenvalue weighted by atomic mass is 15.2. The van der Waals surface area contributed by atoms with Gasteiger partial charge in [-0.1, -0.05) is 13.3 Å². The molecule has 1 saturated heterocycles. The van der Waals surface area contributed by atoms with E-state index in [9.17, 15) is 0 Å². The molecule has 2 aliphatic rings. The molecular weight excluding hydrogens is 200 g/mol. The van der Waals surface area contributed by atoms with Crippen molar-refractivity contribution in [2.75, 3.05) is 32.7 Å². The van der Waals surface area contributed by atoms with Gasteiger partial charge in [0.15, 0.2) is 5.96 Å². The number of piperidine rings is 1. The molecule has 1 atom stereocenters. The van der Waals surface area contributed by atoms with Crippen LogP contribution in [0.25, 0.3) is 0 Å². The molecule has 0 spiro atoms. The fourth-order valence-electron chi connectivity index (χ4n) is 2.57. The second kappa shape index (κ2) is 6.09. The van der Waals surface area contributed by atoms with Crippen molar-refractivity contribution in [2.24, 2.45) is 4.99 Å². The molecule has 0 saturated carbocycles. The molecule has 0 aliphatic carbocycles. The number of nitrogens with zero attached hydrogens (tertiary/aromatic N) is 2. The number of likely N-dealkylation sites (N-methyl/N-ethyl adjacent to an activating group) is 1. The summed E-state index contributed by atoms with van der Waals surface area (Å²) < 4.78 is 0. The quantitative estimate of drug-likeness (QED) is 0.745. The van der Waals surface area contributed by atoms with Crippen LogP contribution in [0.15, 0.2) is 4.99 Å². The summed E-state index contributed by atoms with van der Waals surface area (Å²) in [5.41, 5.74) is 0. The zero-order chi connectivity index (χ0) is 11.2. The van der Waals surface area contributed by atoms with Gasteiger partial charge in [0.25, 0.3) is 0 Å². The van der Waals surface area contributed by atoms with Crippen LogP contribution < -0.4 is 10.6 Å². The van der Waals surface area contributed by atoms with Crippen molar-refractivity contribution in [3.8, 4) is 0 Å². The van der Waals surface area contributed by atoms with Gasteiger partial charge in [0.1, 0.15) is 0 Å². The predicted octanol–water partition coefficient (Wildman–Crippen LogP) is 0.800. The van der Waals surface area contributed by atoms with Crippen molar-refractivity contribution in [1.82, 2.24) is 15.5 Å². The van der Waals surface area contributed by atoms with Crippen LogP contribution in [0.5, 0.6) is 0 Å². The van der Waals surface area contributed by atoms with Crippen molar-refractivity contribution >= 4 is 5.96 Å². The first-order chi connectivity index (χ1) is 7.90. The third-order valence-corrected chi connectivity index (χ3v) is 3.56. The van der Waals surface area contributed by atoms with Crippen LogP contribution in [0.1, 0.15) is 32.6 Å². The maximum atomic E-state index is 4.44. The third-order valence-electron chi connectivity index (χ3n) is 3.56. The van der Waals surface area contributed by atoms with Crippen LogP contribution in [0.3, 0.4) is 0 Å². The fraction of sp³-hybridized carbons (Fsp3) is 0.917. The summed E-state index contributed by atoms with van der Waals surface area (Å²) in [6.07, 6.45) is 5.23. The Morgan fingerprint density at radius 2 is 2.38 bits per heavy atom. The number of aliphatic imine (C=N–C) groups is 1. The Balaban J connectivity index is 1.76. The Morgan fingerprint density at radius 3 is 3.12 bits per heavy atom. The van der Waals surface area contributed by atoms with E-state index >= 15 is 0 Å². The highest BCUT2D eigenvalue weighted by molar-refractivity contribution is 5.80. The van der Waals surface area contributed by atoms with Crippen molar-refractivity contribution in [3.05, 3.63) is 0 Å². The summed E-state index contributed by atoms with van der Waals surface area (Å²) in [6.45, 7) is 7.77. The molecule has 0 radical (unpaired) electrons. The Bertz CT molecular complexity index is 239. The molecular formula is C12H24N4. The number of rotatable bonds is 3. The van der Waals surface area contributed by atoms with Crippen LogP contribution in [0.2, 0.25) is 0 Å². The molecule has 0 aromatic heterocycles. The molecule has 1 fully saturated rings. The largest absolute Gasteiger partial charge is 0.356 e. The predicted molar refractivity (Wildman–Crippen MR) is 67.8 cm³/mol. The summed E-state index contributed by atoms with van der Waals surface area (Å²) in [7, 11) is 0. The van der Waals surface area contributed by atoms with E-state index in [0.29, 0.717) is 6.04 Å². The fourth-order valence-corrected chi connectivity index (χ4v) is 2.57. The number of guanidine groups is 1. The molecule has 2 N–H and O–H groups in total. The highest BCUT2D eigenvalue weighted by Gasteiger charge is 2.20. The van der Waals surface area contributed by atoms with Crippen molar-refractivity contribution < 1.29 is 0 Å². The lowest BCUT2D eigenvalue weighted by atomic mass is 10.0. The monoisotopic (exact) mass is 224 g/mol. The number of hydrogen-bond donors (Lipinski definition) is 2. The molecule has 92 valence electrons. The maximum absolute atomic E-state index is 4.44. The Labute approximate surface area is 98.5 Å². The van der Waals surface area contributed by atoms with Crippen molar-refractivity contribution in [1.29, 1.82) is 0 Å². The minimum atomic E-state index is 0.699. The first-order valence-electron chi connectivity index (χ1n) is 6.66. The second-order valence-corrected chi connectivity index (χ2v) is 4.67. The molecule has 1 unspecified atom stereocenters. The summed E-state index contributed by atoms with van der Waals surface area (Å²) in [4.78, 5) is 7.02. The van der Waals surface area contributed by atoms with Gasteiger partial charge in [-0.2, -0.15) is 0 Å². The molecule has 0 aromatic carbocycles. The van der Waals surface area contributed by atoms with Crippen molar-refractivity contribution in [3.63, 3.8) is 0 Å². The topological polar surface area (TPSA) is 39.7 Å². The molecule has 2 heterocycles. The van der Waals surface area contributed by atoms with Crippen molar-refractivity contribution in [2.45, 2.75) is 38.6 Å². The molecule has 4 heteroatoms. The Kier molecular flexibility index (Phi) is 4.45. The highest BCUT2D eigenvalue weighted by Crippen LogP contribution is 2.15. The second-order valence-electron chi connectivity index (χ2n) is 4.67. The first-order valence-corrected chi connectivity index (χ1v) is 6.66. The average molecular weight is 224 g/mol. The van der Waals surface area contributed by atoms with Gasteiger partial charge in [0, 0.05) is 25.7 Å². The summed E-state index contributed by atoms with van der Waals surface area (Å²) >= 11 is 0. The lowest BCUT2D eigenvalue weighted by Gasteiger charge is -2.35. The number of nitrogens with one attached hydrogen (secondary N) is 2. The van der Waals surface area contributed by atoms with Gasteiger partial charge in [-0.15, -0.1) is 0 Å². The number of hydrogen-bond acceptors (Lipinski definition) is 4. The van der Waals surface area contributed by atoms with E-state index in [-0.39, 0.29) is 0 Å². The standard InChI is InChI=1S/C12H24N4/c1-2-16-9-4-3-6-11(16)10-15-12-13-7-5-8-14-12/h11H,2-10H2,1H3,(H2,13,14,15). The minimum absolute atomic E-state index is 0.699. The van der Waals surface area contributed by atoms with E-state index < -0.39 is 0 Å². The smallest absolute Gasteiger partial charge is 0.191 e. The van der Waals surface area contributed by atoms with Gasteiger partial charge in [-0.05, 0) is 32.4 Å². The van der Waals surface area contributed by atoms with E-state index in [1.165, 1.54) is 32.4 Å². The Hall–Kier alpha value is -0.770. The van der Waals surface area contributed by atoms with Gasteiger partial charge in [0.05, 0.1) is 0 Å². The number of likely N-dealkylation sites (tertiary alicyclic amines) is 1. The lowest BCUT2D eigenvalue weighted by Crippen LogP contribution is -2.49. The van der Waals surface area contributed by atoms with E-state index in [1.54, 1.807) is 0 Å². The zero-order valence-electron chi connectivity index (χ0n) is 10.3. The molecule has 0 aromatic rings. The van der Waals surface area contributed by atoms with E-state index in [2.05, 4.69) is 27.4 Å². The van der Waals surface area contributed by atoms with Gasteiger partial charge >= 0.3 is 0 Å². The van der Waals surface area contributed by atoms with Crippen LogP contribution in [-0.2, 0) is 0 Å². The molecule has 2 aliphatic heterocycles. The van der Waals surface area contributed by atoms with Gasteiger partial charge < -0.3 is 10.6 Å². The normalized spacial score (nSPS) is 27.1. The SMILES string of the molecule is CCN1CCCCC1CNC1=NCCCN1. The van der Waals surface area contributed by atoms with E-state index in [1.807, 2.05) is 0 Å². The van der Waals surface area contributed by atoms with Crippen LogP contribution >= 0.6 is 0 Å². The molecule has 16 heavy (non-hydrogen) atoms. The van der Waals surface area contributed by atoms with Crippen LogP contribution in [0, 0.1) is 0 Å². The summed E-state index contributed by atoms with van der Waals surface area (Å²) in [5, 5.41) is 6.76. The van der Waals surface area contributed by atoms with Gasteiger partial charge in [-0.25, -0.2) is 0 Å². The Morgan fingerprint density at radius 1 is 1.44 bits per heavy atom. The average Bonchev–Trinajstić information content (AvgIpc) is 2.38. The molecule has 2 rings (SSSR count). The summed E-state index contributed by atoms with van der Waals surface area (Å²) in [5.74, 6) is 1.01. The maximum Gasteiger partial charge on any atom is 0.191 e. The van der Waals surface area contributed by atoms with Gasteiger partial charge in [-0.3, -0.25) is 9.89 Å². The molecule has 4 nitrogen and oxygen atoms in total. The molecule has 0 bridgehead atoms. The zero-order valence-corrected chi connectivity index (χ0v) is 10.3. The van der Waals surface area contributed by atoms with E-state index in [0.717, 1.165) is 32.0 Å². The van der Waals surface area contributed by atoms with Crippen LogP contribution in [0.4, 0.5) is 0 Å². The lowest BCUT2D eigenvalue weighted by molar-refractivity contribution is 0.157. The minimum Gasteiger partial charge on any atom is -0.356 e. The van der Waals surface area contributed by atoms with Crippen LogP contribution in [-0.4, -0.2) is 49.6 Å². The van der Waals surface area contributed by atoms with Gasteiger partial charge in [0.2, 0.25) is 0 Å². The third kappa shape index (κ3) is 3.11. The molecule has 0 amide bonds. The van der Waals surface area contributed by atoms with E-state index in [4.69, 9.17) is 0 Å². The first kappa shape index (κ1) is 11.7.